The first-order valence-corrected chi connectivity index (χ1v) is 8.24. The van der Waals surface area contributed by atoms with Crippen molar-refractivity contribution in [2.75, 3.05) is 25.0 Å². The minimum atomic E-state index is -0.835. The van der Waals surface area contributed by atoms with Crippen LogP contribution in [0.2, 0.25) is 0 Å². The molecular formula is C19H21F2N3O2. The van der Waals surface area contributed by atoms with Gasteiger partial charge in [0.2, 0.25) is 11.8 Å². The molecular weight excluding hydrogens is 340 g/mol. The van der Waals surface area contributed by atoms with E-state index in [1.807, 2.05) is 12.1 Å². The number of halogens is 2. The van der Waals surface area contributed by atoms with Crippen LogP contribution in [0, 0.1) is 11.6 Å². The summed E-state index contributed by atoms with van der Waals surface area (Å²) in [6, 6.07) is 6.76. The lowest BCUT2D eigenvalue weighted by Crippen LogP contribution is -2.35. The van der Waals surface area contributed by atoms with Crippen LogP contribution >= 0.6 is 0 Å². The number of benzene rings is 1. The molecule has 0 N–H and O–H groups in total. The predicted octanol–water partition coefficient (Wildman–Crippen LogP) is 2.80. The topological polar surface area (TPSA) is 53.5 Å². The maximum absolute atomic E-state index is 13.9. The maximum Gasteiger partial charge on any atom is 0.224 e. The number of hydrogen-bond donors (Lipinski definition) is 0. The fourth-order valence-electron chi connectivity index (χ4n) is 2.52. The summed E-state index contributed by atoms with van der Waals surface area (Å²) in [5.41, 5.74) is 1.03. The molecule has 0 radical (unpaired) electrons. The van der Waals surface area contributed by atoms with Gasteiger partial charge in [0, 0.05) is 51.9 Å². The van der Waals surface area contributed by atoms with E-state index >= 15 is 0 Å². The van der Waals surface area contributed by atoms with Crippen molar-refractivity contribution in [2.24, 2.45) is 0 Å². The normalized spacial score (nSPS) is 10.5. The van der Waals surface area contributed by atoms with Crippen molar-refractivity contribution in [1.29, 1.82) is 0 Å². The Bertz CT molecular complexity index is 769. The Hall–Kier alpha value is -2.83. The highest BCUT2D eigenvalue weighted by Crippen LogP contribution is 2.20. The molecule has 1 heterocycles. The van der Waals surface area contributed by atoms with E-state index < -0.39 is 17.5 Å². The van der Waals surface area contributed by atoms with Gasteiger partial charge in [-0.1, -0.05) is 0 Å². The van der Waals surface area contributed by atoms with Gasteiger partial charge in [-0.15, -0.1) is 0 Å². The Morgan fingerprint density at radius 1 is 1.08 bits per heavy atom. The number of hydrogen-bond acceptors (Lipinski definition) is 3. The van der Waals surface area contributed by atoms with Crippen LogP contribution in [0.3, 0.4) is 0 Å². The molecule has 0 spiro atoms. The molecule has 0 aliphatic carbocycles. The second kappa shape index (κ2) is 9.03. The predicted molar refractivity (Wildman–Crippen MR) is 94.6 cm³/mol. The number of pyridine rings is 1. The molecule has 2 rings (SSSR count). The third-order valence-electron chi connectivity index (χ3n) is 4.04. The summed E-state index contributed by atoms with van der Waals surface area (Å²) in [4.78, 5) is 30.7. The largest absolute Gasteiger partial charge is 0.345 e. The van der Waals surface area contributed by atoms with E-state index in [2.05, 4.69) is 4.98 Å². The van der Waals surface area contributed by atoms with Gasteiger partial charge in [-0.2, -0.15) is 0 Å². The number of aromatic nitrogens is 1. The molecule has 138 valence electrons. The van der Waals surface area contributed by atoms with Gasteiger partial charge in [-0.05, 0) is 36.2 Å². The molecule has 0 saturated heterocycles. The van der Waals surface area contributed by atoms with Crippen LogP contribution < -0.4 is 4.90 Å². The zero-order valence-electron chi connectivity index (χ0n) is 14.8. The first-order valence-electron chi connectivity index (χ1n) is 8.24. The number of rotatable bonds is 7. The highest BCUT2D eigenvalue weighted by molar-refractivity contribution is 5.92. The van der Waals surface area contributed by atoms with Gasteiger partial charge in [-0.25, -0.2) is 8.78 Å². The summed E-state index contributed by atoms with van der Waals surface area (Å²) in [7, 11) is 1.68. The first-order chi connectivity index (χ1) is 12.4. The number of amides is 2. The maximum atomic E-state index is 13.9. The summed E-state index contributed by atoms with van der Waals surface area (Å²) in [6.07, 6.45) is 4.12. The summed E-state index contributed by atoms with van der Waals surface area (Å²) < 4.78 is 27.0. The molecule has 7 heteroatoms. The standard InChI is InChI=1S/C19H21F2N3O2/c1-14(25)24(18-4-3-16(20)13-17(18)21)12-8-19(26)23(2)11-7-15-5-9-22-10-6-15/h3-6,9-10,13H,7-8,11-12H2,1-2H3. The zero-order valence-corrected chi connectivity index (χ0v) is 14.8. The Kier molecular flexibility index (Phi) is 6.77. The van der Waals surface area contributed by atoms with E-state index in [0.29, 0.717) is 19.0 Å². The fraction of sp³-hybridized carbons (Fsp3) is 0.316. The Balaban J connectivity index is 1.93. The zero-order chi connectivity index (χ0) is 19.1. The second-order valence-corrected chi connectivity index (χ2v) is 5.94. The lowest BCUT2D eigenvalue weighted by Gasteiger charge is -2.23. The van der Waals surface area contributed by atoms with Crippen LogP contribution in [0.15, 0.2) is 42.7 Å². The lowest BCUT2D eigenvalue weighted by atomic mass is 10.2. The highest BCUT2D eigenvalue weighted by atomic mass is 19.1. The molecule has 2 amide bonds. The molecule has 0 saturated carbocycles. The molecule has 1 aromatic carbocycles. The SMILES string of the molecule is CC(=O)N(CCC(=O)N(C)CCc1ccncc1)c1ccc(F)cc1F. The summed E-state index contributed by atoms with van der Waals surface area (Å²) in [5.74, 6) is -2.13. The molecule has 1 aromatic heterocycles. The minimum Gasteiger partial charge on any atom is -0.345 e. The summed E-state index contributed by atoms with van der Waals surface area (Å²) in [6.45, 7) is 1.82. The third kappa shape index (κ3) is 5.34. The van der Waals surface area contributed by atoms with E-state index in [4.69, 9.17) is 0 Å². The second-order valence-electron chi connectivity index (χ2n) is 5.94. The van der Waals surface area contributed by atoms with E-state index in [0.717, 1.165) is 16.5 Å². The van der Waals surface area contributed by atoms with E-state index in [1.165, 1.54) is 13.0 Å². The van der Waals surface area contributed by atoms with Gasteiger partial charge < -0.3 is 9.80 Å². The van der Waals surface area contributed by atoms with Crippen molar-refractivity contribution in [2.45, 2.75) is 19.8 Å². The minimum absolute atomic E-state index is 0.0241. The van der Waals surface area contributed by atoms with Crippen LogP contribution in [0.1, 0.15) is 18.9 Å². The van der Waals surface area contributed by atoms with Crippen LogP contribution in [0.5, 0.6) is 0 Å². The first kappa shape index (κ1) is 19.5. The van der Waals surface area contributed by atoms with Gasteiger partial charge in [0.1, 0.15) is 11.6 Å². The van der Waals surface area contributed by atoms with Crippen molar-refractivity contribution in [3.63, 3.8) is 0 Å². The number of carbonyl (C=O) groups is 2. The van der Waals surface area contributed by atoms with Crippen molar-refractivity contribution >= 4 is 17.5 Å². The molecule has 0 aliphatic heterocycles. The summed E-state index contributed by atoms with van der Waals surface area (Å²) >= 11 is 0. The number of anilines is 1. The molecule has 0 unspecified atom stereocenters. The monoisotopic (exact) mass is 361 g/mol. The molecule has 0 aliphatic rings. The van der Waals surface area contributed by atoms with Crippen molar-refractivity contribution in [3.8, 4) is 0 Å². The summed E-state index contributed by atoms with van der Waals surface area (Å²) in [5, 5.41) is 0. The van der Waals surface area contributed by atoms with Gasteiger partial charge in [-0.3, -0.25) is 14.6 Å². The van der Waals surface area contributed by atoms with E-state index in [9.17, 15) is 18.4 Å². The lowest BCUT2D eigenvalue weighted by molar-refractivity contribution is -0.129. The smallest absolute Gasteiger partial charge is 0.224 e. The highest BCUT2D eigenvalue weighted by Gasteiger charge is 2.18. The van der Waals surface area contributed by atoms with Crippen molar-refractivity contribution in [1.82, 2.24) is 9.88 Å². The quantitative estimate of drug-likeness (QED) is 0.762. The average molecular weight is 361 g/mol. The Morgan fingerprint density at radius 2 is 1.77 bits per heavy atom. The Morgan fingerprint density at radius 3 is 2.38 bits per heavy atom. The van der Waals surface area contributed by atoms with Gasteiger partial charge in [0.25, 0.3) is 0 Å². The fourth-order valence-corrected chi connectivity index (χ4v) is 2.52. The molecule has 5 nitrogen and oxygen atoms in total. The molecule has 2 aromatic rings. The number of nitrogens with zero attached hydrogens (tertiary/aromatic N) is 3. The molecule has 26 heavy (non-hydrogen) atoms. The van der Waals surface area contributed by atoms with Gasteiger partial charge in [0.05, 0.1) is 5.69 Å². The van der Waals surface area contributed by atoms with Crippen LogP contribution in [0.25, 0.3) is 0 Å². The van der Waals surface area contributed by atoms with Gasteiger partial charge >= 0.3 is 0 Å². The van der Waals surface area contributed by atoms with Crippen molar-refractivity contribution in [3.05, 3.63) is 59.9 Å². The Labute approximate surface area is 151 Å². The average Bonchev–Trinajstić information content (AvgIpc) is 2.61. The van der Waals surface area contributed by atoms with Crippen molar-refractivity contribution < 1.29 is 18.4 Å². The van der Waals surface area contributed by atoms with Crippen LogP contribution in [0.4, 0.5) is 14.5 Å². The number of likely N-dealkylation sites (N-methyl/N-ethyl adjacent to an activating group) is 1. The molecule has 0 atom stereocenters. The van der Waals surface area contributed by atoms with Crippen LogP contribution in [-0.4, -0.2) is 41.8 Å². The van der Waals surface area contributed by atoms with E-state index in [1.54, 1.807) is 24.3 Å². The third-order valence-corrected chi connectivity index (χ3v) is 4.04. The van der Waals surface area contributed by atoms with Crippen LogP contribution in [-0.2, 0) is 16.0 Å². The van der Waals surface area contributed by atoms with Gasteiger partial charge in [0.15, 0.2) is 0 Å². The number of carbonyl (C=O) groups excluding carboxylic acids is 2. The van der Waals surface area contributed by atoms with E-state index in [-0.39, 0.29) is 24.6 Å². The molecule has 0 fully saturated rings. The molecule has 0 bridgehead atoms.